The molecule has 0 aliphatic heterocycles. The Morgan fingerprint density at radius 3 is 2.94 bits per heavy atom. The molecule has 0 amide bonds. The number of hydrogen-bond acceptors (Lipinski definition) is 3. The second-order valence-electron chi connectivity index (χ2n) is 3.94. The van der Waals surface area contributed by atoms with Crippen molar-refractivity contribution in [3.8, 4) is 5.69 Å². The molecule has 0 unspecified atom stereocenters. The molecule has 1 heterocycles. The summed E-state index contributed by atoms with van der Waals surface area (Å²) in [6, 6.07) is 8.41. The molecule has 0 aliphatic carbocycles. The molecular formula is C13H18N4. The molecule has 1 N–H and O–H groups in total. The van der Waals surface area contributed by atoms with E-state index in [1.807, 2.05) is 4.68 Å². The van der Waals surface area contributed by atoms with Gasteiger partial charge in [0.1, 0.15) is 0 Å². The molecule has 17 heavy (non-hydrogen) atoms. The zero-order valence-electron chi connectivity index (χ0n) is 10.3. The van der Waals surface area contributed by atoms with Crippen LogP contribution in [-0.2, 0) is 13.0 Å². The second-order valence-corrected chi connectivity index (χ2v) is 3.94. The van der Waals surface area contributed by atoms with Crippen LogP contribution in [-0.4, -0.2) is 21.5 Å². The van der Waals surface area contributed by atoms with Crippen LogP contribution in [0, 0.1) is 0 Å². The van der Waals surface area contributed by atoms with Gasteiger partial charge in [-0.2, -0.15) is 0 Å². The summed E-state index contributed by atoms with van der Waals surface area (Å²) in [7, 11) is 0. The first-order valence-corrected chi connectivity index (χ1v) is 6.04. The van der Waals surface area contributed by atoms with Crippen molar-refractivity contribution in [2.45, 2.75) is 26.8 Å². The van der Waals surface area contributed by atoms with E-state index in [1.165, 1.54) is 5.56 Å². The lowest BCUT2D eigenvalue weighted by Crippen LogP contribution is -2.15. The highest BCUT2D eigenvalue weighted by Crippen LogP contribution is 2.12. The molecule has 0 spiro atoms. The minimum atomic E-state index is 0.792. The van der Waals surface area contributed by atoms with Gasteiger partial charge in [-0.05, 0) is 30.7 Å². The number of aryl methyl sites for hydroxylation is 1. The average molecular weight is 230 g/mol. The van der Waals surface area contributed by atoms with E-state index in [0.717, 1.165) is 30.9 Å². The first-order valence-electron chi connectivity index (χ1n) is 6.04. The molecule has 0 fully saturated rings. The van der Waals surface area contributed by atoms with Crippen LogP contribution >= 0.6 is 0 Å². The molecule has 0 aliphatic rings. The maximum atomic E-state index is 4.14. The largest absolute Gasteiger partial charge is 0.311 e. The van der Waals surface area contributed by atoms with E-state index in [9.17, 15) is 0 Å². The van der Waals surface area contributed by atoms with E-state index in [4.69, 9.17) is 0 Å². The molecule has 90 valence electrons. The summed E-state index contributed by atoms with van der Waals surface area (Å²) in [6.45, 7) is 5.98. The predicted octanol–water partition coefficient (Wildman–Crippen LogP) is 1.94. The fourth-order valence-corrected chi connectivity index (χ4v) is 1.76. The summed E-state index contributed by atoms with van der Waals surface area (Å²) in [4.78, 5) is 0. The Labute approximate surface area is 102 Å². The molecule has 4 nitrogen and oxygen atoms in total. The van der Waals surface area contributed by atoms with Crippen molar-refractivity contribution in [1.29, 1.82) is 0 Å². The minimum Gasteiger partial charge on any atom is -0.311 e. The van der Waals surface area contributed by atoms with Crippen LogP contribution in [0.5, 0.6) is 0 Å². The lowest BCUT2D eigenvalue weighted by atomic mass is 10.1. The van der Waals surface area contributed by atoms with Crippen molar-refractivity contribution >= 4 is 0 Å². The van der Waals surface area contributed by atoms with E-state index < -0.39 is 0 Å². The highest BCUT2D eigenvalue weighted by molar-refractivity contribution is 5.36. The highest BCUT2D eigenvalue weighted by atomic mass is 15.4. The number of hydrogen-bond donors (Lipinski definition) is 1. The quantitative estimate of drug-likeness (QED) is 0.853. The minimum absolute atomic E-state index is 0.792. The summed E-state index contributed by atoms with van der Waals surface area (Å²) in [5, 5.41) is 11.4. The Morgan fingerprint density at radius 2 is 2.18 bits per heavy atom. The Kier molecular flexibility index (Phi) is 3.88. The van der Waals surface area contributed by atoms with Crippen LogP contribution in [0.2, 0.25) is 0 Å². The third-order valence-electron chi connectivity index (χ3n) is 2.74. The fraction of sp³-hybridized carbons (Fsp3) is 0.385. The number of rotatable bonds is 5. The first-order chi connectivity index (χ1) is 8.35. The van der Waals surface area contributed by atoms with E-state index in [1.54, 1.807) is 6.20 Å². The van der Waals surface area contributed by atoms with E-state index in [-0.39, 0.29) is 0 Å². The van der Waals surface area contributed by atoms with Gasteiger partial charge in [-0.3, -0.25) is 0 Å². The molecule has 2 rings (SSSR count). The standard InChI is InChI=1S/C13H18N4/c1-3-11-6-5-7-12(8-11)17-13(9-14-4-2)10-15-16-17/h5-8,10,14H,3-4,9H2,1-2H3. The monoisotopic (exact) mass is 230 g/mol. The van der Waals surface area contributed by atoms with E-state index >= 15 is 0 Å². The molecule has 4 heteroatoms. The lowest BCUT2D eigenvalue weighted by molar-refractivity contribution is 0.672. The van der Waals surface area contributed by atoms with Gasteiger partial charge in [-0.15, -0.1) is 5.10 Å². The van der Waals surface area contributed by atoms with Crippen molar-refractivity contribution in [2.24, 2.45) is 0 Å². The Morgan fingerprint density at radius 1 is 1.29 bits per heavy atom. The van der Waals surface area contributed by atoms with Crippen molar-refractivity contribution in [3.63, 3.8) is 0 Å². The van der Waals surface area contributed by atoms with Gasteiger partial charge >= 0.3 is 0 Å². The molecular weight excluding hydrogens is 212 g/mol. The molecule has 0 atom stereocenters. The zero-order chi connectivity index (χ0) is 12.1. The number of nitrogens with zero attached hydrogens (tertiary/aromatic N) is 3. The van der Waals surface area contributed by atoms with Gasteiger partial charge in [0.2, 0.25) is 0 Å². The zero-order valence-corrected chi connectivity index (χ0v) is 10.3. The summed E-state index contributed by atoms with van der Waals surface area (Å²) in [5.74, 6) is 0. The van der Waals surface area contributed by atoms with Gasteiger partial charge in [0, 0.05) is 6.54 Å². The molecule has 0 saturated heterocycles. The maximum absolute atomic E-state index is 4.14. The van der Waals surface area contributed by atoms with Crippen LogP contribution in [0.25, 0.3) is 5.69 Å². The number of nitrogens with one attached hydrogen (secondary N) is 1. The van der Waals surface area contributed by atoms with Crippen molar-refractivity contribution < 1.29 is 0 Å². The first kappa shape index (κ1) is 11.8. The van der Waals surface area contributed by atoms with Crippen molar-refractivity contribution in [2.75, 3.05) is 6.54 Å². The Hall–Kier alpha value is -1.68. The SMILES string of the molecule is CCNCc1cnnn1-c1cccc(CC)c1. The molecule has 0 bridgehead atoms. The van der Waals surface area contributed by atoms with Gasteiger partial charge in [0.05, 0.1) is 17.6 Å². The van der Waals surface area contributed by atoms with Gasteiger partial charge in [-0.25, -0.2) is 4.68 Å². The van der Waals surface area contributed by atoms with Crippen molar-refractivity contribution in [1.82, 2.24) is 20.3 Å². The number of benzene rings is 1. The molecule has 0 saturated carbocycles. The second kappa shape index (κ2) is 5.59. The van der Waals surface area contributed by atoms with E-state index in [2.05, 4.69) is 53.7 Å². The lowest BCUT2D eigenvalue weighted by Gasteiger charge is -2.07. The number of aromatic nitrogens is 3. The molecule has 0 radical (unpaired) electrons. The van der Waals surface area contributed by atoms with E-state index in [0.29, 0.717) is 0 Å². The normalized spacial score (nSPS) is 10.7. The summed E-state index contributed by atoms with van der Waals surface area (Å²) < 4.78 is 1.89. The maximum Gasteiger partial charge on any atom is 0.0783 e. The van der Waals surface area contributed by atoms with Crippen LogP contribution in [0.3, 0.4) is 0 Å². The summed E-state index contributed by atoms with van der Waals surface area (Å²) in [5.41, 5.74) is 3.47. The Bertz CT molecular complexity index is 476. The summed E-state index contributed by atoms with van der Waals surface area (Å²) >= 11 is 0. The third kappa shape index (κ3) is 2.71. The van der Waals surface area contributed by atoms with Crippen LogP contribution < -0.4 is 5.32 Å². The van der Waals surface area contributed by atoms with Crippen LogP contribution in [0.4, 0.5) is 0 Å². The molecule has 2 aromatic rings. The van der Waals surface area contributed by atoms with Gasteiger partial charge in [0.15, 0.2) is 0 Å². The van der Waals surface area contributed by atoms with Crippen LogP contribution in [0.15, 0.2) is 30.5 Å². The third-order valence-corrected chi connectivity index (χ3v) is 2.74. The molecule has 1 aromatic heterocycles. The van der Waals surface area contributed by atoms with Crippen LogP contribution in [0.1, 0.15) is 25.1 Å². The predicted molar refractivity (Wildman–Crippen MR) is 68.1 cm³/mol. The topological polar surface area (TPSA) is 42.7 Å². The van der Waals surface area contributed by atoms with Gasteiger partial charge < -0.3 is 5.32 Å². The molecule has 1 aromatic carbocycles. The smallest absolute Gasteiger partial charge is 0.0783 e. The van der Waals surface area contributed by atoms with Gasteiger partial charge in [-0.1, -0.05) is 31.2 Å². The highest BCUT2D eigenvalue weighted by Gasteiger charge is 2.05. The fourth-order valence-electron chi connectivity index (χ4n) is 1.76. The summed E-state index contributed by atoms with van der Waals surface area (Å²) in [6.07, 6.45) is 2.84. The Balaban J connectivity index is 2.28. The van der Waals surface area contributed by atoms with Crippen molar-refractivity contribution in [3.05, 3.63) is 41.7 Å². The average Bonchev–Trinajstić information content (AvgIpc) is 2.84. The van der Waals surface area contributed by atoms with Gasteiger partial charge in [0.25, 0.3) is 0 Å².